The highest BCUT2D eigenvalue weighted by atomic mass is 16.2. The third-order valence-electron chi connectivity index (χ3n) is 5.08. The van der Waals surface area contributed by atoms with Gasteiger partial charge >= 0.3 is 5.69 Å². The number of nitrogens with one attached hydrogen (secondary N) is 1. The van der Waals surface area contributed by atoms with Gasteiger partial charge in [0, 0.05) is 18.1 Å². The van der Waals surface area contributed by atoms with Gasteiger partial charge in [0.2, 0.25) is 5.91 Å². The smallest absolute Gasteiger partial charge is 0.324 e. The van der Waals surface area contributed by atoms with Gasteiger partial charge in [-0.05, 0) is 49.2 Å². The minimum absolute atomic E-state index is 0.0104. The van der Waals surface area contributed by atoms with E-state index in [1.165, 1.54) is 10.8 Å². The van der Waals surface area contributed by atoms with Crippen LogP contribution in [0, 0.1) is 13.8 Å². The number of pyridine rings is 2. The van der Waals surface area contributed by atoms with E-state index in [4.69, 9.17) is 0 Å². The summed E-state index contributed by atoms with van der Waals surface area (Å²) >= 11 is 0. The summed E-state index contributed by atoms with van der Waals surface area (Å²) in [4.78, 5) is 47.4. The predicted molar refractivity (Wildman–Crippen MR) is 118 cm³/mol. The molecule has 0 aliphatic carbocycles. The average Bonchev–Trinajstić information content (AvgIpc) is 2.77. The van der Waals surface area contributed by atoms with E-state index in [-0.39, 0.29) is 24.5 Å². The normalized spacial score (nSPS) is 10.9. The molecule has 0 aliphatic heterocycles. The number of fused-ring (bicyclic) bond motifs is 1. The predicted octanol–water partition coefficient (Wildman–Crippen LogP) is 2.26. The first-order valence-corrected chi connectivity index (χ1v) is 9.80. The molecule has 31 heavy (non-hydrogen) atoms. The Morgan fingerprint density at radius 3 is 2.35 bits per heavy atom. The summed E-state index contributed by atoms with van der Waals surface area (Å²) in [5.41, 5.74) is 2.45. The number of nitrogens with zero attached hydrogens (tertiary/aromatic N) is 4. The van der Waals surface area contributed by atoms with E-state index in [0.29, 0.717) is 16.9 Å². The summed E-state index contributed by atoms with van der Waals surface area (Å²) in [6, 6.07) is 14.2. The number of benzene rings is 1. The molecule has 0 saturated heterocycles. The van der Waals surface area contributed by atoms with E-state index < -0.39 is 11.2 Å². The van der Waals surface area contributed by atoms with Gasteiger partial charge in [-0.15, -0.1) is 0 Å². The second-order valence-electron chi connectivity index (χ2n) is 7.27. The number of aromatic nitrogens is 4. The fraction of sp³-hybridized carbons (Fsp3) is 0.174. The van der Waals surface area contributed by atoms with Gasteiger partial charge in [-0.2, -0.15) is 0 Å². The molecule has 0 radical (unpaired) electrons. The van der Waals surface area contributed by atoms with Crippen molar-refractivity contribution in [3.63, 3.8) is 0 Å². The number of anilines is 1. The molecule has 3 aromatic heterocycles. The number of amides is 1. The van der Waals surface area contributed by atoms with Crippen LogP contribution in [0.5, 0.6) is 0 Å². The van der Waals surface area contributed by atoms with Crippen molar-refractivity contribution in [1.82, 2.24) is 19.1 Å². The van der Waals surface area contributed by atoms with Crippen LogP contribution in [0.2, 0.25) is 0 Å². The highest BCUT2D eigenvalue weighted by Gasteiger charge is 2.17. The van der Waals surface area contributed by atoms with E-state index in [2.05, 4.69) is 15.3 Å². The molecule has 0 saturated carbocycles. The van der Waals surface area contributed by atoms with Gasteiger partial charge in [-0.25, -0.2) is 9.78 Å². The van der Waals surface area contributed by atoms with E-state index in [9.17, 15) is 14.4 Å². The van der Waals surface area contributed by atoms with Crippen LogP contribution in [0.15, 0.2) is 70.5 Å². The van der Waals surface area contributed by atoms with E-state index in [0.717, 1.165) is 15.7 Å². The highest BCUT2D eigenvalue weighted by Crippen LogP contribution is 2.19. The van der Waals surface area contributed by atoms with Crippen molar-refractivity contribution in [1.29, 1.82) is 0 Å². The molecule has 8 nitrogen and oxygen atoms in total. The Bertz CT molecular complexity index is 1370. The molecule has 3 heterocycles. The Morgan fingerprint density at radius 2 is 1.65 bits per heavy atom. The molecular weight excluding hydrogens is 394 g/mol. The van der Waals surface area contributed by atoms with Crippen molar-refractivity contribution in [2.45, 2.75) is 26.9 Å². The first-order chi connectivity index (χ1) is 15.0. The van der Waals surface area contributed by atoms with Crippen molar-refractivity contribution in [3.8, 4) is 0 Å². The lowest BCUT2D eigenvalue weighted by Crippen LogP contribution is -2.42. The molecule has 4 rings (SSSR count). The summed E-state index contributed by atoms with van der Waals surface area (Å²) in [6.45, 7) is 3.54. The molecule has 4 aromatic rings. The van der Waals surface area contributed by atoms with Crippen molar-refractivity contribution in [2.75, 3.05) is 5.32 Å². The number of rotatable bonds is 5. The molecule has 1 N–H and O–H groups in total. The number of hydrogen-bond donors (Lipinski definition) is 1. The second kappa shape index (κ2) is 8.35. The molecule has 0 unspecified atom stereocenters. The van der Waals surface area contributed by atoms with Crippen LogP contribution in [-0.2, 0) is 17.9 Å². The number of carbonyl (C=O) groups excluding carboxylic acids is 1. The molecule has 0 aliphatic rings. The van der Waals surface area contributed by atoms with E-state index in [1.54, 1.807) is 36.5 Å². The first kappa shape index (κ1) is 20.2. The maximum Gasteiger partial charge on any atom is 0.332 e. The van der Waals surface area contributed by atoms with Crippen LogP contribution in [-0.4, -0.2) is 25.0 Å². The van der Waals surface area contributed by atoms with Crippen LogP contribution in [0.25, 0.3) is 11.0 Å². The summed E-state index contributed by atoms with van der Waals surface area (Å²) in [7, 11) is 0. The van der Waals surface area contributed by atoms with Crippen LogP contribution in [0.4, 0.5) is 5.69 Å². The van der Waals surface area contributed by atoms with Gasteiger partial charge in [0.15, 0.2) is 5.52 Å². The topological polar surface area (TPSA) is 98.9 Å². The standard InChI is InChI=1S/C23H21N5O3/c1-15-7-5-8-16(2)20(15)26-19(29)14-27-18-10-6-12-25-21(18)22(30)28(23(27)31)13-17-9-3-4-11-24-17/h3-12H,13-14H2,1-2H3,(H,26,29). The number of para-hydroxylation sites is 1. The lowest BCUT2D eigenvalue weighted by atomic mass is 10.1. The van der Waals surface area contributed by atoms with Crippen molar-refractivity contribution in [3.05, 3.63) is 98.6 Å². The fourth-order valence-corrected chi connectivity index (χ4v) is 3.52. The molecule has 0 fully saturated rings. The van der Waals surface area contributed by atoms with Gasteiger partial charge < -0.3 is 5.32 Å². The third-order valence-corrected chi connectivity index (χ3v) is 5.08. The summed E-state index contributed by atoms with van der Waals surface area (Å²) in [5, 5.41) is 2.88. The molecule has 1 aromatic carbocycles. The van der Waals surface area contributed by atoms with Gasteiger partial charge in [-0.3, -0.25) is 23.7 Å². The zero-order valence-corrected chi connectivity index (χ0v) is 17.2. The Labute approximate surface area is 177 Å². The van der Waals surface area contributed by atoms with Gasteiger partial charge in [0.25, 0.3) is 5.56 Å². The highest BCUT2D eigenvalue weighted by molar-refractivity contribution is 5.93. The second-order valence-corrected chi connectivity index (χ2v) is 7.27. The Hall–Kier alpha value is -4.07. The SMILES string of the molecule is Cc1cccc(C)c1NC(=O)Cn1c(=O)n(Cc2ccccn2)c(=O)c2ncccc21. The van der Waals surface area contributed by atoms with E-state index in [1.807, 2.05) is 32.0 Å². The maximum atomic E-state index is 13.2. The van der Waals surface area contributed by atoms with Crippen molar-refractivity contribution >= 4 is 22.6 Å². The zero-order chi connectivity index (χ0) is 22.0. The minimum Gasteiger partial charge on any atom is -0.324 e. The van der Waals surface area contributed by atoms with Crippen molar-refractivity contribution in [2.24, 2.45) is 0 Å². The largest absolute Gasteiger partial charge is 0.332 e. The quantitative estimate of drug-likeness (QED) is 0.539. The van der Waals surface area contributed by atoms with Gasteiger partial charge in [0.05, 0.1) is 17.8 Å². The van der Waals surface area contributed by atoms with Gasteiger partial charge in [0.1, 0.15) is 6.54 Å². The van der Waals surface area contributed by atoms with Crippen LogP contribution < -0.4 is 16.6 Å². The number of carbonyl (C=O) groups is 1. The minimum atomic E-state index is -0.590. The van der Waals surface area contributed by atoms with Crippen LogP contribution in [0.3, 0.4) is 0 Å². The molecular formula is C23H21N5O3. The Morgan fingerprint density at radius 1 is 0.903 bits per heavy atom. The lowest BCUT2D eigenvalue weighted by molar-refractivity contribution is -0.116. The lowest BCUT2D eigenvalue weighted by Gasteiger charge is -2.15. The van der Waals surface area contributed by atoms with Crippen molar-refractivity contribution < 1.29 is 4.79 Å². The molecule has 0 bridgehead atoms. The molecule has 8 heteroatoms. The first-order valence-electron chi connectivity index (χ1n) is 9.80. The van der Waals surface area contributed by atoms with E-state index >= 15 is 0 Å². The van der Waals surface area contributed by atoms with Gasteiger partial charge in [-0.1, -0.05) is 24.3 Å². The number of hydrogen-bond acceptors (Lipinski definition) is 5. The monoisotopic (exact) mass is 415 g/mol. The molecule has 0 spiro atoms. The summed E-state index contributed by atoms with van der Waals surface area (Å²) in [5.74, 6) is -0.368. The molecule has 0 atom stereocenters. The average molecular weight is 415 g/mol. The Kier molecular flexibility index (Phi) is 5.44. The fourth-order valence-electron chi connectivity index (χ4n) is 3.52. The maximum absolute atomic E-state index is 13.2. The summed E-state index contributed by atoms with van der Waals surface area (Å²) in [6.07, 6.45) is 3.08. The Balaban J connectivity index is 1.77. The third kappa shape index (κ3) is 4.00. The molecule has 1 amide bonds. The number of aryl methyl sites for hydroxylation is 2. The molecule has 156 valence electrons. The van der Waals surface area contributed by atoms with Crippen LogP contribution >= 0.6 is 0 Å². The van der Waals surface area contributed by atoms with Crippen LogP contribution in [0.1, 0.15) is 16.8 Å². The summed E-state index contributed by atoms with van der Waals surface area (Å²) < 4.78 is 2.33. The zero-order valence-electron chi connectivity index (χ0n) is 17.2.